The van der Waals surface area contributed by atoms with Gasteiger partial charge in [0.2, 0.25) is 10.0 Å². The molecule has 0 saturated heterocycles. The van der Waals surface area contributed by atoms with Gasteiger partial charge >= 0.3 is 0 Å². The molecule has 0 atom stereocenters. The molecule has 162 valence electrons. The average molecular weight is 460 g/mol. The Balaban J connectivity index is 1.29. The Morgan fingerprint density at radius 1 is 1.16 bits per heavy atom. The van der Waals surface area contributed by atoms with Gasteiger partial charge in [0.15, 0.2) is 5.78 Å². The number of aryl methyl sites for hydroxylation is 1. The fourth-order valence-electron chi connectivity index (χ4n) is 3.38. The molecule has 0 saturated carbocycles. The highest BCUT2D eigenvalue weighted by molar-refractivity contribution is 7.91. The van der Waals surface area contributed by atoms with Crippen molar-refractivity contribution in [2.75, 3.05) is 18.5 Å². The van der Waals surface area contributed by atoms with Crippen molar-refractivity contribution >= 4 is 38.7 Å². The average Bonchev–Trinajstić information content (AvgIpc) is 3.43. The lowest BCUT2D eigenvalue weighted by Crippen LogP contribution is -2.27. The van der Waals surface area contributed by atoms with Gasteiger partial charge in [0.1, 0.15) is 16.6 Å². The number of sulfonamides is 1. The number of amides is 1. The number of aromatic amines is 1. The number of fused-ring (bicyclic) bond motifs is 1. The molecule has 3 N–H and O–H groups in total. The maximum atomic E-state index is 12.6. The van der Waals surface area contributed by atoms with Crippen molar-refractivity contribution in [2.24, 2.45) is 0 Å². The first-order chi connectivity index (χ1) is 14.9. The van der Waals surface area contributed by atoms with E-state index in [1.165, 1.54) is 0 Å². The number of Topliss-reactive ketones (excluding diaryl/α,β-unsaturated/α-hetero) is 1. The number of benzene rings is 1. The van der Waals surface area contributed by atoms with Gasteiger partial charge in [-0.15, -0.1) is 11.3 Å². The van der Waals surface area contributed by atoms with E-state index in [1.807, 2.05) is 0 Å². The number of hydrogen-bond donors (Lipinski definition) is 3. The van der Waals surface area contributed by atoms with Gasteiger partial charge in [0.05, 0.1) is 11.1 Å². The second kappa shape index (κ2) is 9.04. The van der Waals surface area contributed by atoms with E-state index in [1.54, 1.807) is 48.0 Å². The number of H-pyrrole nitrogens is 1. The largest absolute Gasteiger partial charge is 0.492 e. The smallest absolute Gasteiger partial charge is 0.257 e. The SMILES string of the molecule is O=C(Nc1ccc(OCCNS(=O)(=O)c2cccs2)cc1)c1c[nH]c2c1C(=O)CCC2. The summed E-state index contributed by atoms with van der Waals surface area (Å²) < 4.78 is 32.4. The van der Waals surface area contributed by atoms with Crippen LogP contribution in [0, 0.1) is 0 Å². The van der Waals surface area contributed by atoms with Gasteiger partial charge in [0.25, 0.3) is 5.91 Å². The van der Waals surface area contributed by atoms with Crippen LogP contribution in [0.5, 0.6) is 5.75 Å². The van der Waals surface area contributed by atoms with Gasteiger partial charge in [-0.3, -0.25) is 9.59 Å². The second-order valence-electron chi connectivity index (χ2n) is 6.99. The van der Waals surface area contributed by atoms with Crippen molar-refractivity contribution in [1.29, 1.82) is 0 Å². The lowest BCUT2D eigenvalue weighted by atomic mass is 9.93. The fraction of sp³-hybridized carbons (Fsp3) is 0.238. The molecule has 31 heavy (non-hydrogen) atoms. The van der Waals surface area contributed by atoms with E-state index >= 15 is 0 Å². The van der Waals surface area contributed by atoms with E-state index in [4.69, 9.17) is 4.74 Å². The fourth-order valence-corrected chi connectivity index (χ4v) is 5.43. The molecule has 0 bridgehead atoms. The summed E-state index contributed by atoms with van der Waals surface area (Å²) >= 11 is 1.15. The van der Waals surface area contributed by atoms with E-state index in [2.05, 4.69) is 15.0 Å². The van der Waals surface area contributed by atoms with Crippen molar-refractivity contribution < 1.29 is 22.7 Å². The Labute approximate surface area is 183 Å². The number of thiophene rings is 1. The Morgan fingerprint density at radius 3 is 2.71 bits per heavy atom. The van der Waals surface area contributed by atoms with Crippen LogP contribution < -0.4 is 14.8 Å². The lowest BCUT2D eigenvalue weighted by Gasteiger charge is -2.12. The number of carbonyl (C=O) groups is 2. The number of aromatic nitrogens is 1. The molecule has 1 aliphatic carbocycles. The summed E-state index contributed by atoms with van der Waals surface area (Å²) in [6.45, 7) is 0.291. The van der Waals surface area contributed by atoms with Crippen molar-refractivity contribution in [3.05, 3.63) is 64.8 Å². The summed E-state index contributed by atoms with van der Waals surface area (Å²) in [5.41, 5.74) is 2.24. The lowest BCUT2D eigenvalue weighted by molar-refractivity contribution is 0.0956. The minimum absolute atomic E-state index is 0.00824. The zero-order valence-corrected chi connectivity index (χ0v) is 18.1. The molecule has 1 aliphatic rings. The van der Waals surface area contributed by atoms with Crippen LogP contribution in [0.25, 0.3) is 0 Å². The van der Waals surface area contributed by atoms with E-state index in [0.717, 1.165) is 29.9 Å². The highest BCUT2D eigenvalue weighted by atomic mass is 32.2. The first-order valence-electron chi connectivity index (χ1n) is 9.75. The van der Waals surface area contributed by atoms with Gasteiger partial charge in [-0.25, -0.2) is 13.1 Å². The molecule has 0 unspecified atom stereocenters. The molecule has 1 aromatic carbocycles. The van der Waals surface area contributed by atoms with E-state index in [9.17, 15) is 18.0 Å². The topological polar surface area (TPSA) is 117 Å². The number of rotatable bonds is 8. The summed E-state index contributed by atoms with van der Waals surface area (Å²) in [6.07, 6.45) is 3.60. The Hall–Kier alpha value is -2.95. The van der Waals surface area contributed by atoms with Crippen LogP contribution in [0.4, 0.5) is 5.69 Å². The van der Waals surface area contributed by atoms with Gasteiger partial charge in [-0.05, 0) is 48.6 Å². The first-order valence-corrected chi connectivity index (χ1v) is 12.1. The zero-order chi connectivity index (χ0) is 21.8. The standard InChI is InChI=1S/C21H21N3O5S2/c25-18-4-1-3-17-20(18)16(13-22-17)21(26)24-14-6-8-15(9-7-14)29-11-10-23-31(27,28)19-5-2-12-30-19/h2,5-9,12-13,22-23H,1,3-4,10-11H2,(H,24,26). The third-order valence-electron chi connectivity index (χ3n) is 4.85. The van der Waals surface area contributed by atoms with E-state index in [0.29, 0.717) is 29.0 Å². The number of anilines is 1. The summed E-state index contributed by atoms with van der Waals surface area (Å²) in [5, 5.41) is 4.49. The van der Waals surface area contributed by atoms with Gasteiger partial charge in [0, 0.05) is 30.5 Å². The third-order valence-corrected chi connectivity index (χ3v) is 7.71. The summed E-state index contributed by atoms with van der Waals surface area (Å²) in [7, 11) is -3.51. The minimum atomic E-state index is -3.51. The van der Waals surface area contributed by atoms with Crippen LogP contribution in [0.2, 0.25) is 0 Å². The predicted octanol–water partition coefficient (Wildman–Crippen LogP) is 3.20. The van der Waals surface area contributed by atoms with E-state index in [-0.39, 0.29) is 29.1 Å². The Bertz CT molecular complexity index is 1180. The van der Waals surface area contributed by atoms with Crippen LogP contribution in [0.15, 0.2) is 52.2 Å². The van der Waals surface area contributed by atoms with Crippen molar-refractivity contribution in [3.8, 4) is 5.75 Å². The molecule has 10 heteroatoms. The monoisotopic (exact) mass is 459 g/mol. The molecule has 4 rings (SSSR count). The van der Waals surface area contributed by atoms with Crippen LogP contribution in [-0.4, -0.2) is 38.2 Å². The predicted molar refractivity (Wildman–Crippen MR) is 117 cm³/mol. The van der Waals surface area contributed by atoms with Gasteiger partial charge < -0.3 is 15.0 Å². The second-order valence-corrected chi connectivity index (χ2v) is 9.93. The quantitative estimate of drug-likeness (QED) is 0.447. The van der Waals surface area contributed by atoms with Crippen molar-refractivity contribution in [3.63, 3.8) is 0 Å². The van der Waals surface area contributed by atoms with E-state index < -0.39 is 10.0 Å². The molecule has 0 fully saturated rings. The Morgan fingerprint density at radius 2 is 1.97 bits per heavy atom. The summed E-state index contributed by atoms with van der Waals surface area (Å²) in [6, 6.07) is 9.95. The van der Waals surface area contributed by atoms with Crippen LogP contribution >= 0.6 is 11.3 Å². The summed E-state index contributed by atoms with van der Waals surface area (Å²) in [5.74, 6) is 0.193. The van der Waals surface area contributed by atoms with Crippen molar-refractivity contribution in [1.82, 2.24) is 9.71 Å². The van der Waals surface area contributed by atoms with Gasteiger partial charge in [-0.2, -0.15) is 0 Å². The molecule has 0 aliphatic heterocycles. The number of ketones is 1. The molecule has 3 aromatic rings. The number of ether oxygens (including phenoxy) is 1. The normalized spacial score (nSPS) is 13.6. The molecular formula is C21H21N3O5S2. The third kappa shape index (κ3) is 4.87. The molecule has 1 amide bonds. The first kappa shape index (κ1) is 21.3. The number of carbonyl (C=O) groups excluding carboxylic acids is 2. The molecule has 0 spiro atoms. The van der Waals surface area contributed by atoms with Crippen LogP contribution in [0.3, 0.4) is 0 Å². The maximum absolute atomic E-state index is 12.6. The molecular weight excluding hydrogens is 438 g/mol. The molecule has 0 radical (unpaired) electrons. The maximum Gasteiger partial charge on any atom is 0.257 e. The Kier molecular flexibility index (Phi) is 6.21. The number of nitrogens with one attached hydrogen (secondary N) is 3. The highest BCUT2D eigenvalue weighted by Gasteiger charge is 2.25. The van der Waals surface area contributed by atoms with Gasteiger partial charge in [-0.1, -0.05) is 6.07 Å². The molecule has 2 aromatic heterocycles. The van der Waals surface area contributed by atoms with Crippen molar-refractivity contribution in [2.45, 2.75) is 23.5 Å². The number of hydrogen-bond acceptors (Lipinski definition) is 6. The zero-order valence-electron chi connectivity index (χ0n) is 16.5. The highest BCUT2D eigenvalue weighted by Crippen LogP contribution is 2.25. The van der Waals surface area contributed by atoms with Crippen LogP contribution in [-0.2, 0) is 16.4 Å². The molecule has 2 heterocycles. The molecule has 8 nitrogen and oxygen atoms in total. The van der Waals surface area contributed by atoms with Crippen LogP contribution in [0.1, 0.15) is 39.3 Å². The minimum Gasteiger partial charge on any atom is -0.492 e. The summed E-state index contributed by atoms with van der Waals surface area (Å²) in [4.78, 5) is 27.8.